The summed E-state index contributed by atoms with van der Waals surface area (Å²) in [5.74, 6) is -2.54. The van der Waals surface area contributed by atoms with Crippen LogP contribution in [0.3, 0.4) is 0 Å². The molecule has 0 saturated heterocycles. The van der Waals surface area contributed by atoms with Gasteiger partial charge in [-0.1, -0.05) is 6.07 Å². The number of hydrogen-bond acceptors (Lipinski definition) is 2. The van der Waals surface area contributed by atoms with Crippen LogP contribution in [0, 0.1) is 0 Å². The van der Waals surface area contributed by atoms with Crippen molar-refractivity contribution in [2.75, 3.05) is 6.61 Å². The Bertz CT molecular complexity index is 282. The SMILES string of the molecule is FC(F)C(F)(F)COc1cccpn1. The fourth-order valence-electron chi connectivity index (χ4n) is 0.598. The smallest absolute Gasteiger partial charge is 0.340 e. The molecule has 0 aliphatic carbocycles. The number of ether oxygens (including phenoxy) is 1. The van der Waals surface area contributed by atoms with Gasteiger partial charge in [0.25, 0.3) is 0 Å². The molecule has 0 spiro atoms. The van der Waals surface area contributed by atoms with E-state index >= 15 is 0 Å². The molecule has 0 bridgehead atoms. The number of rotatable bonds is 4. The van der Waals surface area contributed by atoms with Gasteiger partial charge < -0.3 is 4.74 Å². The van der Waals surface area contributed by atoms with E-state index in [0.29, 0.717) is 8.35 Å². The Morgan fingerprint density at radius 1 is 1.50 bits per heavy atom. The second-order valence-corrected chi connectivity index (χ2v) is 3.14. The summed E-state index contributed by atoms with van der Waals surface area (Å²) in [5, 5.41) is 0. The minimum absolute atomic E-state index is 0.0607. The molecule has 0 radical (unpaired) electrons. The highest BCUT2D eigenvalue weighted by atomic mass is 31.0. The molecule has 1 heterocycles. The molecule has 1 rings (SSSR count). The largest absolute Gasteiger partial charge is 0.471 e. The van der Waals surface area contributed by atoms with Crippen LogP contribution in [0.25, 0.3) is 0 Å². The summed E-state index contributed by atoms with van der Waals surface area (Å²) in [6.07, 6.45) is -3.72. The molecule has 0 fully saturated rings. The van der Waals surface area contributed by atoms with Crippen LogP contribution >= 0.6 is 8.35 Å². The fourth-order valence-corrected chi connectivity index (χ4v) is 1.07. The zero-order valence-electron chi connectivity index (χ0n) is 6.83. The Balaban J connectivity index is 2.49. The molecule has 0 aliphatic rings. The number of aromatic nitrogens is 1. The summed E-state index contributed by atoms with van der Waals surface area (Å²) < 4.78 is 56.1. The van der Waals surface area contributed by atoms with Crippen LogP contribution in [-0.2, 0) is 0 Å². The average molecular weight is 227 g/mol. The van der Waals surface area contributed by atoms with E-state index in [2.05, 4.69) is 9.48 Å². The molecule has 2 nitrogen and oxygen atoms in total. The molecule has 14 heavy (non-hydrogen) atoms. The maximum absolute atomic E-state index is 12.3. The van der Waals surface area contributed by atoms with Crippen molar-refractivity contribution in [1.29, 1.82) is 0 Å². The first-order chi connectivity index (χ1) is 6.52. The van der Waals surface area contributed by atoms with Gasteiger partial charge in [0.15, 0.2) is 6.61 Å². The molecule has 0 saturated carbocycles. The molecule has 1 aromatic rings. The summed E-state index contributed by atoms with van der Waals surface area (Å²) in [4.78, 5) is 0. The minimum atomic E-state index is -4.13. The van der Waals surface area contributed by atoms with Crippen molar-refractivity contribution in [2.45, 2.75) is 12.3 Å². The molecular weight excluding hydrogens is 221 g/mol. The van der Waals surface area contributed by atoms with Crippen molar-refractivity contribution in [1.82, 2.24) is 4.75 Å². The summed E-state index contributed by atoms with van der Waals surface area (Å²) in [6, 6.07) is 2.88. The van der Waals surface area contributed by atoms with Gasteiger partial charge in [0.05, 0.1) is 0 Å². The second kappa shape index (κ2) is 4.55. The molecule has 78 valence electrons. The molecule has 1 aromatic heterocycles. The van der Waals surface area contributed by atoms with Crippen molar-refractivity contribution in [3.8, 4) is 5.88 Å². The molecular formula is C7H6F4NOP. The zero-order valence-corrected chi connectivity index (χ0v) is 7.73. The van der Waals surface area contributed by atoms with Crippen molar-refractivity contribution in [3.05, 3.63) is 17.9 Å². The van der Waals surface area contributed by atoms with Gasteiger partial charge in [-0.05, 0) is 5.80 Å². The summed E-state index contributed by atoms with van der Waals surface area (Å²) in [5.41, 5.74) is 0. The molecule has 0 atom stereocenters. The lowest BCUT2D eigenvalue weighted by Gasteiger charge is -2.14. The quantitative estimate of drug-likeness (QED) is 0.737. The molecule has 0 aliphatic heterocycles. The summed E-state index contributed by atoms with van der Waals surface area (Å²) in [7, 11) is 0.535. The van der Waals surface area contributed by atoms with E-state index in [1.807, 2.05) is 0 Å². The first-order valence-electron chi connectivity index (χ1n) is 3.59. The first kappa shape index (κ1) is 11.2. The molecule has 0 aromatic carbocycles. The fraction of sp³-hybridized carbons (Fsp3) is 0.429. The number of hydrogen-bond donors (Lipinski definition) is 0. The van der Waals surface area contributed by atoms with E-state index in [0.717, 1.165) is 0 Å². The lowest BCUT2D eigenvalue weighted by atomic mass is 10.4. The third-order valence-corrected chi connectivity index (χ3v) is 1.90. The number of alkyl halides is 4. The van der Waals surface area contributed by atoms with Gasteiger partial charge in [-0.25, -0.2) is 8.78 Å². The predicted molar refractivity (Wildman–Crippen MR) is 43.2 cm³/mol. The summed E-state index contributed by atoms with van der Waals surface area (Å²) in [6.45, 7) is -1.36. The van der Waals surface area contributed by atoms with Crippen LogP contribution in [0.4, 0.5) is 17.6 Å². The Hall–Kier alpha value is -0.900. The van der Waals surface area contributed by atoms with Crippen LogP contribution in [0.2, 0.25) is 0 Å². The standard InChI is InChI=1S/C7H6F4NOP/c8-6(9)7(10,11)4-13-5-2-1-3-14-12-5/h1-3,6H,4H2. The predicted octanol–water partition coefficient (Wildman–Crippen LogP) is 2.94. The van der Waals surface area contributed by atoms with Crippen molar-refractivity contribution < 1.29 is 22.3 Å². The van der Waals surface area contributed by atoms with Gasteiger partial charge in [0, 0.05) is 14.4 Å². The Morgan fingerprint density at radius 2 is 2.21 bits per heavy atom. The van der Waals surface area contributed by atoms with Crippen LogP contribution in [0.5, 0.6) is 5.88 Å². The third-order valence-electron chi connectivity index (χ3n) is 1.28. The zero-order chi connectivity index (χ0) is 10.6. The van der Waals surface area contributed by atoms with Crippen molar-refractivity contribution in [2.24, 2.45) is 0 Å². The van der Waals surface area contributed by atoms with E-state index < -0.39 is 19.0 Å². The van der Waals surface area contributed by atoms with Crippen molar-refractivity contribution in [3.63, 3.8) is 0 Å². The molecule has 0 amide bonds. The highest BCUT2D eigenvalue weighted by molar-refractivity contribution is 7.24. The van der Waals surface area contributed by atoms with Gasteiger partial charge in [-0.3, -0.25) is 0 Å². The van der Waals surface area contributed by atoms with Crippen LogP contribution in [0.1, 0.15) is 0 Å². The normalized spacial score (nSPS) is 12.4. The maximum atomic E-state index is 12.3. The van der Waals surface area contributed by atoms with Gasteiger partial charge in [-0.2, -0.15) is 13.5 Å². The lowest BCUT2D eigenvalue weighted by molar-refractivity contribution is -0.148. The Kier molecular flexibility index (Phi) is 3.63. The second-order valence-electron chi connectivity index (χ2n) is 2.41. The highest BCUT2D eigenvalue weighted by Crippen LogP contribution is 2.23. The van der Waals surface area contributed by atoms with Gasteiger partial charge >= 0.3 is 12.3 Å². The van der Waals surface area contributed by atoms with E-state index in [1.165, 1.54) is 6.07 Å². The topological polar surface area (TPSA) is 22.1 Å². The molecule has 0 N–H and O–H groups in total. The van der Waals surface area contributed by atoms with E-state index in [4.69, 9.17) is 0 Å². The summed E-state index contributed by atoms with van der Waals surface area (Å²) >= 11 is 0. The van der Waals surface area contributed by atoms with E-state index in [9.17, 15) is 17.6 Å². The van der Waals surface area contributed by atoms with Crippen LogP contribution in [0.15, 0.2) is 17.9 Å². The molecule has 0 unspecified atom stereocenters. The number of halogens is 4. The van der Waals surface area contributed by atoms with Gasteiger partial charge in [0.2, 0.25) is 5.88 Å². The van der Waals surface area contributed by atoms with Crippen molar-refractivity contribution >= 4 is 8.35 Å². The van der Waals surface area contributed by atoms with E-state index in [-0.39, 0.29) is 5.88 Å². The van der Waals surface area contributed by atoms with Crippen LogP contribution < -0.4 is 4.74 Å². The third kappa shape index (κ3) is 3.10. The average Bonchev–Trinajstić information content (AvgIpc) is 2.16. The van der Waals surface area contributed by atoms with Crippen LogP contribution in [-0.4, -0.2) is 23.7 Å². The number of nitrogens with zero attached hydrogens (tertiary/aromatic N) is 1. The monoisotopic (exact) mass is 227 g/mol. The van der Waals surface area contributed by atoms with Gasteiger partial charge in [0.1, 0.15) is 0 Å². The minimum Gasteiger partial charge on any atom is -0.471 e. The first-order valence-corrected chi connectivity index (χ1v) is 4.50. The van der Waals surface area contributed by atoms with E-state index in [1.54, 1.807) is 11.9 Å². The maximum Gasteiger partial charge on any atom is 0.340 e. The highest BCUT2D eigenvalue weighted by Gasteiger charge is 2.41. The lowest BCUT2D eigenvalue weighted by Crippen LogP contribution is -2.33. The Morgan fingerprint density at radius 3 is 2.71 bits per heavy atom. The molecule has 7 heteroatoms. The van der Waals surface area contributed by atoms with Gasteiger partial charge in [-0.15, -0.1) is 0 Å². The Labute approximate surface area is 79.1 Å².